The molecule has 174 valence electrons. The average Bonchev–Trinajstić information content (AvgIpc) is 2.93. The van der Waals surface area contributed by atoms with Crippen LogP contribution >= 0.6 is 0 Å². The van der Waals surface area contributed by atoms with Gasteiger partial charge in [0.25, 0.3) is 0 Å². The Morgan fingerprint density at radius 1 is 0.639 bits per heavy atom. The molecule has 0 bridgehead atoms. The van der Waals surface area contributed by atoms with E-state index in [2.05, 4.69) is 123 Å². The molecule has 36 heavy (non-hydrogen) atoms. The Kier molecular flexibility index (Phi) is 4.69. The highest BCUT2D eigenvalue weighted by Gasteiger charge is 2.39. The van der Waals surface area contributed by atoms with Gasteiger partial charge in [0.15, 0.2) is 5.60 Å². The number of benzene rings is 5. The molecule has 1 heteroatoms. The zero-order valence-electron chi connectivity index (χ0n) is 20.7. The van der Waals surface area contributed by atoms with E-state index in [0.29, 0.717) is 0 Å². The molecule has 0 aromatic heterocycles. The van der Waals surface area contributed by atoms with E-state index in [1.807, 2.05) is 0 Å². The number of fused-ring (bicyclic) bond motifs is 8. The molecular formula is C35H28O. The fourth-order valence-electron chi connectivity index (χ4n) is 6.05. The third kappa shape index (κ3) is 3.09. The Balaban J connectivity index is 1.52. The van der Waals surface area contributed by atoms with Crippen molar-refractivity contribution in [3.8, 4) is 16.9 Å². The van der Waals surface area contributed by atoms with Crippen molar-refractivity contribution in [2.45, 2.75) is 32.3 Å². The van der Waals surface area contributed by atoms with Crippen molar-refractivity contribution in [3.63, 3.8) is 0 Å². The number of aryl methyl sites for hydroxylation is 3. The highest BCUT2D eigenvalue weighted by Crippen LogP contribution is 2.51. The zero-order chi connectivity index (χ0) is 24.3. The maximum absolute atomic E-state index is 7.25. The van der Waals surface area contributed by atoms with Gasteiger partial charge in [0.05, 0.1) is 0 Å². The Hall–Kier alpha value is -4.10. The minimum atomic E-state index is -0.683. The average molecular weight is 465 g/mol. The van der Waals surface area contributed by atoms with Crippen molar-refractivity contribution in [3.05, 3.63) is 142 Å². The van der Waals surface area contributed by atoms with Gasteiger partial charge >= 0.3 is 0 Å². The fraction of sp³-hybridized carbons (Fsp3) is 0.143. The monoisotopic (exact) mass is 464 g/mol. The summed E-state index contributed by atoms with van der Waals surface area (Å²) in [4.78, 5) is 0. The van der Waals surface area contributed by atoms with Gasteiger partial charge in [-0.1, -0.05) is 114 Å². The molecule has 0 N–H and O–H groups in total. The van der Waals surface area contributed by atoms with Crippen molar-refractivity contribution >= 4 is 16.8 Å². The molecule has 1 nitrogen and oxygen atoms in total. The van der Waals surface area contributed by atoms with E-state index in [-0.39, 0.29) is 0 Å². The zero-order valence-corrected chi connectivity index (χ0v) is 20.7. The first-order valence-electron chi connectivity index (χ1n) is 12.8. The molecule has 7 rings (SSSR count). The predicted molar refractivity (Wildman–Crippen MR) is 150 cm³/mol. The summed E-state index contributed by atoms with van der Waals surface area (Å²) in [6.45, 7) is 4.26. The Morgan fingerprint density at radius 3 is 1.94 bits per heavy atom. The lowest BCUT2D eigenvalue weighted by atomic mass is 9.77. The maximum Gasteiger partial charge on any atom is 0.178 e. The van der Waals surface area contributed by atoms with Gasteiger partial charge in [-0.05, 0) is 60.4 Å². The van der Waals surface area contributed by atoms with E-state index < -0.39 is 5.60 Å². The van der Waals surface area contributed by atoms with Gasteiger partial charge in [0.2, 0.25) is 0 Å². The summed E-state index contributed by atoms with van der Waals surface area (Å²) in [6.07, 6.45) is 6.69. The number of rotatable bonds is 2. The lowest BCUT2D eigenvalue weighted by Gasteiger charge is -2.38. The van der Waals surface area contributed by atoms with Crippen molar-refractivity contribution in [1.82, 2.24) is 0 Å². The van der Waals surface area contributed by atoms with Gasteiger partial charge < -0.3 is 4.74 Å². The van der Waals surface area contributed by atoms with Crippen molar-refractivity contribution in [1.29, 1.82) is 0 Å². The molecule has 5 aromatic rings. The molecule has 1 heterocycles. The summed E-state index contributed by atoms with van der Waals surface area (Å²) in [7, 11) is 0. The second-order valence-corrected chi connectivity index (χ2v) is 10.2. The third-order valence-corrected chi connectivity index (χ3v) is 7.95. The van der Waals surface area contributed by atoms with Gasteiger partial charge in [-0.2, -0.15) is 0 Å². The van der Waals surface area contributed by atoms with Crippen LogP contribution in [0.25, 0.3) is 28.0 Å². The molecule has 0 unspecified atom stereocenters. The van der Waals surface area contributed by atoms with E-state index in [1.54, 1.807) is 0 Å². The smallest absolute Gasteiger partial charge is 0.178 e. The first-order chi connectivity index (χ1) is 17.6. The number of ether oxygens (including phenoxy) is 1. The van der Waals surface area contributed by atoms with Crippen LogP contribution in [0.15, 0.2) is 103 Å². The van der Waals surface area contributed by atoms with E-state index in [0.717, 1.165) is 29.7 Å². The normalized spacial score (nSPS) is 15.1. The molecule has 2 aliphatic rings. The quantitative estimate of drug-likeness (QED) is 0.254. The second kappa shape index (κ2) is 7.96. The lowest BCUT2D eigenvalue weighted by Crippen LogP contribution is -2.34. The molecule has 0 spiro atoms. The van der Waals surface area contributed by atoms with Crippen molar-refractivity contribution < 1.29 is 4.74 Å². The molecule has 0 amide bonds. The second-order valence-electron chi connectivity index (χ2n) is 10.2. The Labute approximate surface area is 212 Å². The van der Waals surface area contributed by atoms with Gasteiger partial charge in [-0.25, -0.2) is 0 Å². The van der Waals surface area contributed by atoms with Crippen LogP contribution < -0.4 is 4.74 Å². The van der Waals surface area contributed by atoms with Gasteiger partial charge in [-0.3, -0.25) is 0 Å². The topological polar surface area (TPSA) is 9.23 Å². The largest absolute Gasteiger partial charge is 0.472 e. The Morgan fingerprint density at radius 2 is 1.25 bits per heavy atom. The summed E-state index contributed by atoms with van der Waals surface area (Å²) in [6, 6.07) is 35.2. The van der Waals surface area contributed by atoms with Crippen LogP contribution in [-0.2, 0) is 18.4 Å². The van der Waals surface area contributed by atoms with Crippen molar-refractivity contribution in [2.75, 3.05) is 0 Å². The van der Waals surface area contributed by atoms with Crippen LogP contribution in [0.1, 0.15) is 38.9 Å². The molecule has 0 saturated carbocycles. The molecule has 0 fully saturated rings. The molecule has 1 aliphatic carbocycles. The van der Waals surface area contributed by atoms with Gasteiger partial charge in [-0.15, -0.1) is 0 Å². The van der Waals surface area contributed by atoms with E-state index >= 15 is 0 Å². The van der Waals surface area contributed by atoms with Crippen LogP contribution in [0, 0.1) is 13.8 Å². The fourth-order valence-corrected chi connectivity index (χ4v) is 6.05. The van der Waals surface area contributed by atoms with Crippen LogP contribution in [0.4, 0.5) is 0 Å². The minimum absolute atomic E-state index is 0.683. The van der Waals surface area contributed by atoms with Crippen LogP contribution in [-0.4, -0.2) is 0 Å². The standard InChI is InChI=1S/C35H28O/c1-23-11-16-26(17-12-23)35(27-18-13-24(2)14-19-27)22-21-32-30-20-15-25-7-3-4-8-28(25)33(30)29-9-5-6-10-31(29)34(32)36-35/h3-14,16-19,21-22H,15,20H2,1-2H3. The van der Waals surface area contributed by atoms with Crippen LogP contribution in [0.2, 0.25) is 0 Å². The molecule has 0 radical (unpaired) electrons. The first-order valence-corrected chi connectivity index (χ1v) is 12.8. The lowest BCUT2D eigenvalue weighted by molar-refractivity contribution is 0.163. The van der Waals surface area contributed by atoms with E-state index in [1.165, 1.54) is 49.7 Å². The van der Waals surface area contributed by atoms with E-state index in [4.69, 9.17) is 4.74 Å². The summed E-state index contributed by atoms with van der Waals surface area (Å²) >= 11 is 0. The molecule has 0 saturated heterocycles. The maximum atomic E-state index is 7.25. The molecule has 5 aromatic carbocycles. The number of hydrogen-bond acceptors (Lipinski definition) is 1. The molecule has 1 aliphatic heterocycles. The van der Waals surface area contributed by atoms with Gasteiger partial charge in [0.1, 0.15) is 5.75 Å². The summed E-state index contributed by atoms with van der Waals surface area (Å²) in [5.74, 6) is 0.993. The van der Waals surface area contributed by atoms with Crippen LogP contribution in [0.5, 0.6) is 5.75 Å². The molecule has 0 atom stereocenters. The predicted octanol–water partition coefficient (Wildman–Crippen LogP) is 8.57. The summed E-state index contributed by atoms with van der Waals surface area (Å²) < 4.78 is 7.25. The van der Waals surface area contributed by atoms with Crippen LogP contribution in [0.3, 0.4) is 0 Å². The Bertz CT molecular complexity index is 1610. The first kappa shape index (κ1) is 21.2. The SMILES string of the molecule is Cc1ccc(C2(c3ccc(C)cc3)C=Cc3c4c(c5ccccc5c3O2)-c2ccccc2CC4)cc1. The summed E-state index contributed by atoms with van der Waals surface area (Å²) in [5.41, 5.74) is 10.9. The third-order valence-electron chi connectivity index (χ3n) is 7.95. The van der Waals surface area contributed by atoms with Crippen molar-refractivity contribution in [2.24, 2.45) is 0 Å². The van der Waals surface area contributed by atoms with E-state index in [9.17, 15) is 0 Å². The minimum Gasteiger partial charge on any atom is -0.472 e. The van der Waals surface area contributed by atoms with Gasteiger partial charge in [0, 0.05) is 22.1 Å². The highest BCUT2D eigenvalue weighted by molar-refractivity contribution is 6.06. The summed E-state index contributed by atoms with van der Waals surface area (Å²) in [5, 5.41) is 2.45. The number of hydrogen-bond donors (Lipinski definition) is 0. The molecular weight excluding hydrogens is 436 g/mol. The highest BCUT2D eigenvalue weighted by atomic mass is 16.5.